The van der Waals surface area contributed by atoms with Gasteiger partial charge in [0.2, 0.25) is 12.2 Å². The number of amides is 1. The zero-order valence-electron chi connectivity index (χ0n) is 23.9. The first kappa shape index (κ1) is 29.1. The number of aromatic nitrogens is 3. The fourth-order valence-corrected chi connectivity index (χ4v) is 5.54. The van der Waals surface area contributed by atoms with Crippen LogP contribution in [0.25, 0.3) is 5.57 Å². The fourth-order valence-electron chi connectivity index (χ4n) is 5.21. The second-order valence-corrected chi connectivity index (χ2v) is 12.0. The number of fused-ring (bicyclic) bond motifs is 1. The number of nitrogens with zero attached hydrogens (tertiary/aromatic N) is 5. The predicted octanol–water partition coefficient (Wildman–Crippen LogP) is 1.07. The molecular weight excluding hydrogens is 564 g/mol. The highest BCUT2D eigenvalue weighted by atomic mass is 35.5. The van der Waals surface area contributed by atoms with Crippen LogP contribution in [0.2, 0.25) is 10.0 Å². The second kappa shape index (κ2) is 10.8. The Morgan fingerprint density at radius 2 is 1.76 bits per heavy atom. The molecular formula is C26H29B3Cl2N6O4. The van der Waals surface area contributed by atoms with E-state index in [1.165, 1.54) is 25.2 Å². The van der Waals surface area contributed by atoms with Gasteiger partial charge in [-0.05, 0) is 42.8 Å². The summed E-state index contributed by atoms with van der Waals surface area (Å²) in [5.41, 5.74) is 2.00. The molecule has 1 amide bonds. The molecule has 2 aliphatic rings. The van der Waals surface area contributed by atoms with Crippen LogP contribution in [-0.4, -0.2) is 70.0 Å². The third-order valence-electron chi connectivity index (χ3n) is 7.03. The summed E-state index contributed by atoms with van der Waals surface area (Å²) in [5, 5.41) is 3.38. The molecule has 0 saturated heterocycles. The highest BCUT2D eigenvalue weighted by molar-refractivity contribution is 6.56. The van der Waals surface area contributed by atoms with E-state index in [1.807, 2.05) is 54.1 Å². The molecule has 0 bridgehead atoms. The largest absolute Gasteiger partial charge is 0.481 e. The number of benzene rings is 1. The molecule has 1 aromatic carbocycles. The summed E-state index contributed by atoms with van der Waals surface area (Å²) in [6, 6.07) is 7.92. The van der Waals surface area contributed by atoms with Gasteiger partial charge in [-0.2, -0.15) is 4.99 Å². The van der Waals surface area contributed by atoms with Gasteiger partial charge in [-0.25, -0.2) is 4.98 Å². The van der Waals surface area contributed by atoms with Gasteiger partial charge in [0.1, 0.15) is 41.1 Å². The number of ether oxygens (including phenoxy) is 2. The molecule has 15 heteroatoms. The molecule has 41 heavy (non-hydrogen) atoms. The van der Waals surface area contributed by atoms with Crippen molar-refractivity contribution in [3.63, 3.8) is 0 Å². The van der Waals surface area contributed by atoms with E-state index >= 15 is 0 Å². The van der Waals surface area contributed by atoms with E-state index in [-0.39, 0.29) is 23.0 Å². The molecule has 0 fully saturated rings. The van der Waals surface area contributed by atoms with Gasteiger partial charge in [0.25, 0.3) is 11.5 Å². The molecule has 0 saturated carbocycles. The van der Waals surface area contributed by atoms with Crippen LogP contribution in [0.1, 0.15) is 53.5 Å². The molecule has 0 aliphatic carbocycles. The predicted molar refractivity (Wildman–Crippen MR) is 168 cm³/mol. The smallest absolute Gasteiger partial charge is 0.279 e. The second-order valence-electron chi connectivity index (χ2n) is 11.1. The van der Waals surface area contributed by atoms with E-state index in [4.69, 9.17) is 37.7 Å². The first-order chi connectivity index (χ1) is 19.4. The Morgan fingerprint density at radius 1 is 1.07 bits per heavy atom. The van der Waals surface area contributed by atoms with E-state index in [0.29, 0.717) is 33.0 Å². The minimum Gasteiger partial charge on any atom is -0.481 e. The average molecular weight is 593 g/mol. The average Bonchev–Trinajstić information content (AvgIpc) is 3.44. The lowest BCUT2D eigenvalue weighted by atomic mass is 9.49. The number of rotatable bonds is 6. The lowest BCUT2D eigenvalue weighted by Gasteiger charge is -2.30. The van der Waals surface area contributed by atoms with E-state index < -0.39 is 23.5 Å². The Morgan fingerprint density at radius 3 is 2.34 bits per heavy atom. The van der Waals surface area contributed by atoms with Crippen molar-refractivity contribution in [2.24, 2.45) is 4.99 Å². The van der Waals surface area contributed by atoms with Crippen LogP contribution in [-0.2, 0) is 14.7 Å². The number of methoxy groups -OCH3 is 2. The highest BCUT2D eigenvalue weighted by Gasteiger charge is 2.46. The van der Waals surface area contributed by atoms with Crippen molar-refractivity contribution in [2.45, 2.75) is 37.5 Å². The first-order valence-corrected chi connectivity index (χ1v) is 13.9. The summed E-state index contributed by atoms with van der Waals surface area (Å²) in [5.74, 6) is 0.393. The molecule has 1 N–H and O–H groups in total. The topological polar surface area (TPSA) is 103 Å². The number of hydrogen-bond acceptors (Lipinski definition) is 7. The molecule has 210 valence electrons. The van der Waals surface area contributed by atoms with E-state index in [1.54, 1.807) is 29.1 Å². The number of anilines is 1. The van der Waals surface area contributed by atoms with Crippen LogP contribution in [0.4, 0.5) is 5.69 Å². The molecule has 0 radical (unpaired) electrons. The zero-order chi connectivity index (χ0) is 29.8. The van der Waals surface area contributed by atoms with E-state index in [0.717, 1.165) is 5.56 Å². The highest BCUT2D eigenvalue weighted by Crippen LogP contribution is 2.44. The summed E-state index contributed by atoms with van der Waals surface area (Å²) < 4.78 is 14.4. The van der Waals surface area contributed by atoms with Gasteiger partial charge >= 0.3 is 0 Å². The van der Waals surface area contributed by atoms with Crippen LogP contribution in [0.5, 0.6) is 0 Å². The number of hydrogen-bond donors (Lipinski definition) is 1. The molecule has 10 nitrogen and oxygen atoms in total. The summed E-state index contributed by atoms with van der Waals surface area (Å²) in [6.07, 6.45) is 2.69. The van der Waals surface area contributed by atoms with Gasteiger partial charge < -0.3 is 23.9 Å². The maximum atomic E-state index is 14.3. The van der Waals surface area contributed by atoms with Gasteiger partial charge in [0.15, 0.2) is 5.69 Å². The zero-order valence-corrected chi connectivity index (χ0v) is 25.4. The minimum atomic E-state index is -0.690. The summed E-state index contributed by atoms with van der Waals surface area (Å²) >= 11 is 12.8. The summed E-state index contributed by atoms with van der Waals surface area (Å²) in [7, 11) is 8.76. The van der Waals surface area contributed by atoms with Crippen molar-refractivity contribution in [2.75, 3.05) is 19.1 Å². The molecule has 5 rings (SSSR count). The number of carbonyl (C=O) groups excluding carboxylic acids is 1. The number of aliphatic imine (C=N–C) groups is 1. The summed E-state index contributed by atoms with van der Waals surface area (Å²) in [4.78, 5) is 39.0. The number of carbonyl (C=O) groups is 1. The molecule has 2 unspecified atom stereocenters. The standard InChI is InChI=1S/C26H29B3Cl2N6O4/c1-12(2)36-20-18(33-21(36)16-10-32-25(41-4)34-22(16)40-3)24(39)37(19(20)13-5-7-14(30)8-6-13)17-9-15(31)11-35(23(17)38)26(27,28)29/h5-12,19,25,32H,27-29H2,1-4H3. The van der Waals surface area contributed by atoms with Crippen molar-refractivity contribution in [1.82, 2.24) is 19.4 Å². The third kappa shape index (κ3) is 5.00. The Labute approximate surface area is 250 Å². The lowest BCUT2D eigenvalue weighted by molar-refractivity contribution is 0.0902. The van der Waals surface area contributed by atoms with Gasteiger partial charge in [-0.1, -0.05) is 35.3 Å². The number of halogens is 2. The van der Waals surface area contributed by atoms with Crippen molar-refractivity contribution < 1.29 is 14.3 Å². The van der Waals surface area contributed by atoms with E-state index in [9.17, 15) is 9.59 Å². The number of imidazole rings is 1. The Balaban J connectivity index is 1.78. The van der Waals surface area contributed by atoms with Crippen molar-refractivity contribution in [3.05, 3.63) is 85.9 Å². The van der Waals surface area contributed by atoms with Gasteiger partial charge in [0.05, 0.1) is 23.4 Å². The Bertz CT molecular complexity index is 1650. The van der Waals surface area contributed by atoms with Gasteiger partial charge in [-0.15, -0.1) is 0 Å². The van der Waals surface area contributed by atoms with E-state index in [2.05, 4.69) is 10.3 Å². The maximum absolute atomic E-state index is 14.3. The third-order valence-corrected chi connectivity index (χ3v) is 7.49. The summed E-state index contributed by atoms with van der Waals surface area (Å²) in [6.45, 7) is 4.00. The minimum absolute atomic E-state index is 0.131. The molecule has 2 aromatic heterocycles. The van der Waals surface area contributed by atoms with Crippen molar-refractivity contribution >= 4 is 69.8 Å². The Hall–Kier alpha value is -3.41. The molecule has 3 aromatic rings. The number of nitrogens with one attached hydrogen (secondary N) is 1. The van der Waals surface area contributed by atoms with Gasteiger partial charge in [0, 0.05) is 30.6 Å². The SMILES string of the molecule is BC(B)(B)n1cc(Cl)cc(N2C(=O)c3nc(C4=CNC(OC)N=C4OC)n(C(C)C)c3C2c2ccc(Cl)cc2)c1=O. The van der Waals surface area contributed by atoms with Crippen molar-refractivity contribution in [1.29, 1.82) is 0 Å². The van der Waals surface area contributed by atoms with Gasteiger partial charge in [-0.3, -0.25) is 14.5 Å². The van der Waals surface area contributed by atoms with Crippen molar-refractivity contribution in [3.8, 4) is 0 Å². The number of pyridine rings is 1. The first-order valence-electron chi connectivity index (χ1n) is 13.1. The van der Waals surface area contributed by atoms with Crippen LogP contribution < -0.4 is 15.8 Å². The molecule has 2 atom stereocenters. The molecule has 2 aliphatic heterocycles. The molecule has 0 spiro atoms. The Kier molecular flexibility index (Phi) is 7.65. The fraction of sp³-hybridized carbons (Fsp3) is 0.308. The van der Waals surface area contributed by atoms with Crippen LogP contribution in [0.15, 0.2) is 52.5 Å². The van der Waals surface area contributed by atoms with Crippen LogP contribution in [0.3, 0.4) is 0 Å². The monoisotopic (exact) mass is 592 g/mol. The van der Waals surface area contributed by atoms with Crippen LogP contribution in [0, 0.1) is 0 Å². The van der Waals surface area contributed by atoms with Crippen LogP contribution >= 0.6 is 23.2 Å². The lowest BCUT2D eigenvalue weighted by Crippen LogP contribution is -2.45. The quantitative estimate of drug-likeness (QED) is 0.430. The maximum Gasteiger partial charge on any atom is 0.279 e. The molecule has 4 heterocycles. The normalized spacial score (nSPS) is 18.7.